The van der Waals surface area contributed by atoms with E-state index in [9.17, 15) is 0 Å². The smallest absolute Gasteiger partial charge is 0.0205 e. The number of hydrogen-bond donors (Lipinski definition) is 0. The minimum Gasteiger partial charge on any atom is -0.103 e. The fourth-order valence-corrected chi connectivity index (χ4v) is 5.68. The van der Waals surface area contributed by atoms with Gasteiger partial charge in [0.05, 0.1) is 0 Å². The summed E-state index contributed by atoms with van der Waals surface area (Å²) in [5.74, 6) is 6.46. The van der Waals surface area contributed by atoms with Crippen molar-refractivity contribution >= 4 is 0 Å². The molecule has 4 bridgehead atoms. The maximum absolute atomic E-state index is 3.86. The van der Waals surface area contributed by atoms with E-state index in [-0.39, 0.29) is 0 Å². The molecular formula is C19H32. The molecule has 0 amide bonds. The van der Waals surface area contributed by atoms with Crippen molar-refractivity contribution in [1.29, 1.82) is 0 Å². The Morgan fingerprint density at radius 2 is 1.58 bits per heavy atom. The van der Waals surface area contributed by atoms with Crippen LogP contribution in [0.25, 0.3) is 0 Å². The summed E-state index contributed by atoms with van der Waals surface area (Å²) in [6.45, 7) is 6.19. The van der Waals surface area contributed by atoms with Gasteiger partial charge in [-0.15, -0.1) is 6.58 Å². The lowest BCUT2D eigenvalue weighted by molar-refractivity contribution is 0.312. The fourth-order valence-electron chi connectivity index (χ4n) is 5.68. The van der Waals surface area contributed by atoms with Gasteiger partial charge in [-0.3, -0.25) is 0 Å². The molecule has 4 aliphatic rings. The molecule has 108 valence electrons. The summed E-state index contributed by atoms with van der Waals surface area (Å²) in [6, 6.07) is 0. The maximum Gasteiger partial charge on any atom is -0.0205 e. The van der Waals surface area contributed by atoms with Gasteiger partial charge in [-0.25, -0.2) is 0 Å². The van der Waals surface area contributed by atoms with E-state index in [0.717, 1.165) is 35.5 Å². The highest BCUT2D eigenvalue weighted by Gasteiger charge is 2.38. The number of fused-ring (bicyclic) bond motifs is 4. The van der Waals surface area contributed by atoms with Gasteiger partial charge in [-0.1, -0.05) is 38.7 Å². The Hall–Kier alpha value is -0.260. The first-order valence-electron chi connectivity index (χ1n) is 8.92. The summed E-state index contributed by atoms with van der Waals surface area (Å²) in [6.07, 6.45) is 17.4. The molecule has 6 unspecified atom stereocenters. The first kappa shape index (κ1) is 13.7. The molecule has 0 spiro atoms. The molecule has 0 N–H and O–H groups in total. The first-order chi connectivity index (χ1) is 9.30. The van der Waals surface area contributed by atoms with Crippen molar-refractivity contribution in [2.24, 2.45) is 35.5 Å². The second-order valence-electron chi connectivity index (χ2n) is 7.80. The Morgan fingerprint density at radius 1 is 0.895 bits per heavy atom. The lowest BCUT2D eigenvalue weighted by Gasteiger charge is -2.20. The average Bonchev–Trinajstić information content (AvgIpc) is 3.19. The van der Waals surface area contributed by atoms with E-state index < -0.39 is 0 Å². The maximum atomic E-state index is 3.86. The highest BCUT2D eigenvalue weighted by molar-refractivity contribution is 4.97. The molecule has 4 fully saturated rings. The van der Waals surface area contributed by atoms with Crippen molar-refractivity contribution in [3.8, 4) is 0 Å². The number of allylic oxidation sites excluding steroid dienone is 1. The molecule has 0 heteroatoms. The van der Waals surface area contributed by atoms with Crippen LogP contribution in [0, 0.1) is 35.5 Å². The summed E-state index contributed by atoms with van der Waals surface area (Å²) in [4.78, 5) is 0. The van der Waals surface area contributed by atoms with Crippen molar-refractivity contribution in [3.63, 3.8) is 0 Å². The van der Waals surface area contributed by atoms with Gasteiger partial charge >= 0.3 is 0 Å². The molecule has 0 aromatic heterocycles. The van der Waals surface area contributed by atoms with E-state index in [2.05, 4.69) is 19.6 Å². The third-order valence-corrected chi connectivity index (χ3v) is 6.64. The Balaban J connectivity index is 0.000000117. The summed E-state index contributed by atoms with van der Waals surface area (Å²) in [7, 11) is 0. The number of rotatable bonds is 3. The molecule has 0 heterocycles. The number of hydrogen-bond acceptors (Lipinski definition) is 0. The van der Waals surface area contributed by atoms with Crippen molar-refractivity contribution in [2.75, 3.05) is 0 Å². The van der Waals surface area contributed by atoms with Crippen LogP contribution in [0.2, 0.25) is 0 Å². The van der Waals surface area contributed by atoms with E-state index in [0.29, 0.717) is 0 Å². The van der Waals surface area contributed by atoms with Gasteiger partial charge in [0.2, 0.25) is 0 Å². The molecule has 4 saturated carbocycles. The van der Waals surface area contributed by atoms with Crippen molar-refractivity contribution in [2.45, 2.75) is 71.1 Å². The van der Waals surface area contributed by atoms with Crippen LogP contribution in [0.5, 0.6) is 0 Å². The zero-order valence-corrected chi connectivity index (χ0v) is 12.8. The SMILES string of the molecule is C=CC1CC2CCC1C2.CCCC1CC2CCC1C2. The zero-order valence-electron chi connectivity index (χ0n) is 12.8. The fraction of sp³-hybridized carbons (Fsp3) is 0.895. The van der Waals surface area contributed by atoms with Crippen LogP contribution in [0.1, 0.15) is 71.1 Å². The van der Waals surface area contributed by atoms with Crippen LogP contribution in [0.15, 0.2) is 12.7 Å². The quantitative estimate of drug-likeness (QED) is 0.560. The lowest BCUT2D eigenvalue weighted by Crippen LogP contribution is -2.09. The van der Waals surface area contributed by atoms with E-state index in [1.807, 2.05) is 0 Å². The van der Waals surface area contributed by atoms with Crippen LogP contribution >= 0.6 is 0 Å². The monoisotopic (exact) mass is 260 g/mol. The van der Waals surface area contributed by atoms with E-state index in [1.54, 1.807) is 25.7 Å². The third-order valence-electron chi connectivity index (χ3n) is 6.64. The van der Waals surface area contributed by atoms with Crippen LogP contribution in [0.4, 0.5) is 0 Å². The minimum absolute atomic E-state index is 0.892. The second-order valence-corrected chi connectivity index (χ2v) is 7.80. The summed E-state index contributed by atoms with van der Waals surface area (Å²) in [5, 5.41) is 0. The first-order valence-corrected chi connectivity index (χ1v) is 8.92. The van der Waals surface area contributed by atoms with Crippen molar-refractivity contribution in [3.05, 3.63) is 12.7 Å². The topological polar surface area (TPSA) is 0 Å². The van der Waals surface area contributed by atoms with Crippen LogP contribution in [0.3, 0.4) is 0 Å². The highest BCUT2D eigenvalue weighted by Crippen LogP contribution is 2.50. The van der Waals surface area contributed by atoms with Gasteiger partial charge < -0.3 is 0 Å². The molecule has 19 heavy (non-hydrogen) atoms. The molecule has 0 aromatic carbocycles. The highest BCUT2D eigenvalue weighted by atomic mass is 14.4. The molecule has 0 nitrogen and oxygen atoms in total. The van der Waals surface area contributed by atoms with E-state index in [1.165, 1.54) is 38.5 Å². The zero-order chi connectivity index (χ0) is 13.2. The minimum atomic E-state index is 0.892. The van der Waals surface area contributed by atoms with Crippen LogP contribution < -0.4 is 0 Å². The Bertz CT molecular complexity index is 305. The largest absolute Gasteiger partial charge is 0.103 e. The molecule has 0 aromatic rings. The van der Waals surface area contributed by atoms with Crippen molar-refractivity contribution in [1.82, 2.24) is 0 Å². The van der Waals surface area contributed by atoms with Gasteiger partial charge in [0, 0.05) is 0 Å². The Kier molecular flexibility index (Phi) is 4.34. The lowest BCUT2D eigenvalue weighted by atomic mass is 9.86. The Labute approximate surface area is 120 Å². The van der Waals surface area contributed by atoms with Crippen LogP contribution in [-0.2, 0) is 0 Å². The van der Waals surface area contributed by atoms with E-state index >= 15 is 0 Å². The molecule has 0 aliphatic heterocycles. The van der Waals surface area contributed by atoms with Gasteiger partial charge in [0.15, 0.2) is 0 Å². The average molecular weight is 260 g/mol. The third kappa shape index (κ3) is 2.93. The molecular weight excluding hydrogens is 228 g/mol. The summed E-state index contributed by atoms with van der Waals surface area (Å²) >= 11 is 0. The second kappa shape index (κ2) is 6.02. The van der Waals surface area contributed by atoms with Gasteiger partial charge in [-0.05, 0) is 74.0 Å². The molecule has 6 atom stereocenters. The van der Waals surface area contributed by atoms with Gasteiger partial charge in [-0.2, -0.15) is 0 Å². The predicted octanol–water partition coefficient (Wildman–Crippen LogP) is 5.83. The summed E-state index contributed by atoms with van der Waals surface area (Å²) < 4.78 is 0. The van der Waals surface area contributed by atoms with Crippen LogP contribution in [-0.4, -0.2) is 0 Å². The van der Waals surface area contributed by atoms with Gasteiger partial charge in [0.1, 0.15) is 0 Å². The standard InChI is InChI=1S/C10H18.C9H14/c1-2-3-9-6-8-4-5-10(9)7-8;1-2-8-5-7-3-4-9(8)6-7/h8-10H,2-7H2,1H3;2,7-9H,1,3-6H2. The van der Waals surface area contributed by atoms with Crippen molar-refractivity contribution < 1.29 is 0 Å². The molecule has 4 aliphatic carbocycles. The van der Waals surface area contributed by atoms with Gasteiger partial charge in [0.25, 0.3) is 0 Å². The summed E-state index contributed by atoms with van der Waals surface area (Å²) in [5.41, 5.74) is 0. The van der Waals surface area contributed by atoms with E-state index in [4.69, 9.17) is 0 Å². The molecule has 0 saturated heterocycles. The molecule has 4 rings (SSSR count). The molecule has 0 radical (unpaired) electrons. The Morgan fingerprint density at radius 3 is 1.95 bits per heavy atom. The predicted molar refractivity (Wildman–Crippen MR) is 83.0 cm³/mol. The normalized spacial score (nSPS) is 46.2.